The van der Waals surface area contributed by atoms with Gasteiger partial charge in [0.1, 0.15) is 17.6 Å². The quantitative estimate of drug-likeness (QED) is 0.328. The monoisotopic (exact) mass is 462 g/mol. The molecule has 0 amide bonds. The molecule has 1 saturated heterocycles. The molecule has 0 bridgehead atoms. The second-order valence-electron chi connectivity index (χ2n) is 9.04. The number of rotatable bonds is 6. The van der Waals surface area contributed by atoms with Crippen molar-refractivity contribution < 1.29 is 9.84 Å². The average Bonchev–Trinajstić information content (AvgIpc) is 3.29. The third-order valence-corrected chi connectivity index (χ3v) is 6.40. The third-order valence-electron chi connectivity index (χ3n) is 6.40. The predicted molar refractivity (Wildman–Crippen MR) is 134 cm³/mol. The van der Waals surface area contributed by atoms with E-state index >= 15 is 0 Å². The first-order valence-electron chi connectivity index (χ1n) is 11.8. The summed E-state index contributed by atoms with van der Waals surface area (Å²) in [5, 5.41) is 17.9. The van der Waals surface area contributed by atoms with E-state index < -0.39 is 0 Å². The maximum Gasteiger partial charge on any atom is 0.124 e. The number of ether oxygens (including phenoxy) is 1. The van der Waals surface area contributed by atoms with Crippen LogP contribution < -0.4 is 22.5 Å². The first kappa shape index (κ1) is 23.7. The van der Waals surface area contributed by atoms with E-state index in [1.54, 1.807) is 41.2 Å². The zero-order chi connectivity index (χ0) is 24.1. The number of benzene rings is 1. The second kappa shape index (κ2) is 10.7. The summed E-state index contributed by atoms with van der Waals surface area (Å²) in [5.41, 5.74) is 20.2. The molecule has 1 aromatic carbocycles. The number of aromatic nitrogens is 2. The summed E-state index contributed by atoms with van der Waals surface area (Å²) in [6, 6.07) is 6.74. The molecule has 4 rings (SSSR count). The molecule has 34 heavy (non-hydrogen) atoms. The van der Waals surface area contributed by atoms with Crippen LogP contribution in [0.15, 0.2) is 48.6 Å². The fraction of sp³-hybridized carbons (Fsp3) is 0.423. The molecule has 2 fully saturated rings. The Hall–Kier alpha value is -3.41. The first-order chi connectivity index (χ1) is 16.4. The van der Waals surface area contributed by atoms with Gasteiger partial charge in [0.15, 0.2) is 0 Å². The number of aromatic hydroxyl groups is 1. The number of phenolic OH excluding ortho intramolecular Hbond substituents is 1. The Morgan fingerprint density at radius 1 is 1.21 bits per heavy atom. The van der Waals surface area contributed by atoms with E-state index in [2.05, 4.69) is 22.3 Å². The Morgan fingerprint density at radius 2 is 1.94 bits per heavy atom. The SMILES string of the molecule is C[C@H](C#C[C@H]1C[C@H](OC2CCNCC2)C1)n1cc(C(/C=C(\N)c2ccccc2O)=C(N)N)cn1. The molecule has 8 N–H and O–H groups in total. The van der Waals surface area contributed by atoms with Gasteiger partial charge in [0.2, 0.25) is 0 Å². The van der Waals surface area contributed by atoms with Crippen LogP contribution in [0.3, 0.4) is 0 Å². The van der Waals surface area contributed by atoms with Crippen molar-refractivity contribution in [3.63, 3.8) is 0 Å². The van der Waals surface area contributed by atoms with Gasteiger partial charge in [-0.1, -0.05) is 24.0 Å². The van der Waals surface area contributed by atoms with E-state index in [1.807, 2.05) is 13.1 Å². The molecule has 180 valence electrons. The Morgan fingerprint density at radius 3 is 2.65 bits per heavy atom. The lowest BCUT2D eigenvalue weighted by molar-refractivity contribution is -0.0743. The van der Waals surface area contributed by atoms with Gasteiger partial charge in [-0.2, -0.15) is 5.10 Å². The van der Waals surface area contributed by atoms with Gasteiger partial charge in [0.25, 0.3) is 0 Å². The zero-order valence-electron chi connectivity index (χ0n) is 19.6. The van der Waals surface area contributed by atoms with Crippen molar-refractivity contribution in [3.05, 3.63) is 59.7 Å². The average molecular weight is 463 g/mol. The third kappa shape index (κ3) is 5.74. The molecule has 1 saturated carbocycles. The fourth-order valence-electron chi connectivity index (χ4n) is 4.28. The van der Waals surface area contributed by atoms with Crippen LogP contribution in [0.4, 0.5) is 0 Å². The molecule has 0 radical (unpaired) electrons. The number of hydrogen-bond donors (Lipinski definition) is 5. The Balaban J connectivity index is 1.37. The minimum atomic E-state index is -0.0992. The van der Waals surface area contributed by atoms with E-state index in [0.717, 1.165) is 44.3 Å². The number of hydrogen-bond acceptors (Lipinski definition) is 7. The number of para-hydroxylation sites is 1. The summed E-state index contributed by atoms with van der Waals surface area (Å²) < 4.78 is 7.98. The molecule has 2 heterocycles. The number of piperidine rings is 1. The maximum atomic E-state index is 10.1. The Kier molecular flexibility index (Phi) is 7.46. The normalized spacial score (nSPS) is 21.7. The minimum Gasteiger partial charge on any atom is -0.507 e. The Bertz CT molecular complexity index is 1110. The van der Waals surface area contributed by atoms with Gasteiger partial charge < -0.3 is 32.4 Å². The maximum absolute atomic E-state index is 10.1. The fourth-order valence-corrected chi connectivity index (χ4v) is 4.28. The molecule has 8 nitrogen and oxygen atoms in total. The summed E-state index contributed by atoms with van der Waals surface area (Å²) in [4.78, 5) is 0. The summed E-state index contributed by atoms with van der Waals surface area (Å²) in [7, 11) is 0. The van der Waals surface area contributed by atoms with Gasteiger partial charge >= 0.3 is 0 Å². The largest absolute Gasteiger partial charge is 0.507 e. The van der Waals surface area contributed by atoms with Crippen molar-refractivity contribution in [1.82, 2.24) is 15.1 Å². The summed E-state index contributed by atoms with van der Waals surface area (Å²) >= 11 is 0. The number of nitrogens with zero attached hydrogens (tertiary/aromatic N) is 2. The van der Waals surface area contributed by atoms with Crippen molar-refractivity contribution in [2.24, 2.45) is 23.1 Å². The molecular formula is C26H34N6O2. The highest BCUT2D eigenvalue weighted by Crippen LogP contribution is 2.32. The van der Waals surface area contributed by atoms with Crippen LogP contribution in [0.25, 0.3) is 11.3 Å². The van der Waals surface area contributed by atoms with Crippen LogP contribution in [-0.2, 0) is 4.74 Å². The van der Waals surface area contributed by atoms with Crippen molar-refractivity contribution in [1.29, 1.82) is 0 Å². The lowest BCUT2D eigenvalue weighted by Crippen LogP contribution is -2.39. The predicted octanol–water partition coefficient (Wildman–Crippen LogP) is 2.29. The van der Waals surface area contributed by atoms with E-state index in [4.69, 9.17) is 21.9 Å². The molecule has 1 aliphatic heterocycles. The summed E-state index contributed by atoms with van der Waals surface area (Å²) in [6.45, 7) is 4.11. The lowest BCUT2D eigenvalue weighted by Gasteiger charge is -2.36. The van der Waals surface area contributed by atoms with E-state index in [-0.39, 0.29) is 17.6 Å². The zero-order valence-corrected chi connectivity index (χ0v) is 19.6. The number of phenols is 1. The van der Waals surface area contributed by atoms with Gasteiger partial charge in [-0.25, -0.2) is 0 Å². The van der Waals surface area contributed by atoms with Crippen LogP contribution in [0.5, 0.6) is 5.75 Å². The van der Waals surface area contributed by atoms with Crippen molar-refractivity contribution in [2.45, 2.75) is 50.9 Å². The van der Waals surface area contributed by atoms with Gasteiger partial charge in [-0.3, -0.25) is 4.68 Å². The summed E-state index contributed by atoms with van der Waals surface area (Å²) in [5.74, 6) is 7.28. The van der Waals surface area contributed by atoms with Gasteiger partial charge in [-0.05, 0) is 63.9 Å². The highest BCUT2D eigenvalue weighted by molar-refractivity contribution is 5.84. The van der Waals surface area contributed by atoms with Crippen LogP contribution in [0, 0.1) is 17.8 Å². The van der Waals surface area contributed by atoms with Crippen molar-refractivity contribution in [2.75, 3.05) is 13.1 Å². The van der Waals surface area contributed by atoms with Crippen LogP contribution >= 0.6 is 0 Å². The molecular weight excluding hydrogens is 428 g/mol. The molecule has 1 aliphatic carbocycles. The van der Waals surface area contributed by atoms with Crippen LogP contribution in [0.1, 0.15) is 49.8 Å². The molecule has 0 unspecified atom stereocenters. The number of nitrogens with one attached hydrogen (secondary N) is 1. The highest BCUT2D eigenvalue weighted by atomic mass is 16.5. The molecule has 2 aliphatic rings. The van der Waals surface area contributed by atoms with Crippen molar-refractivity contribution >= 4 is 11.3 Å². The molecule has 2 aromatic rings. The number of allylic oxidation sites excluding steroid dienone is 2. The van der Waals surface area contributed by atoms with Gasteiger partial charge in [0, 0.05) is 34.5 Å². The van der Waals surface area contributed by atoms with Crippen LogP contribution in [0.2, 0.25) is 0 Å². The lowest BCUT2D eigenvalue weighted by atomic mass is 9.82. The second-order valence-corrected chi connectivity index (χ2v) is 9.04. The topological polar surface area (TPSA) is 137 Å². The van der Waals surface area contributed by atoms with E-state index in [1.165, 1.54) is 0 Å². The smallest absolute Gasteiger partial charge is 0.124 e. The molecule has 1 aromatic heterocycles. The van der Waals surface area contributed by atoms with E-state index in [0.29, 0.717) is 35.0 Å². The minimum absolute atomic E-state index is 0.0881. The molecule has 8 heteroatoms. The first-order valence-corrected chi connectivity index (χ1v) is 11.8. The standard InChI is InChI=1S/C26H34N6O2/c1-17(6-7-18-12-21(13-18)34-20-8-10-30-11-9-20)32-16-19(15-31-32)23(26(28)29)14-24(27)22-4-2-3-5-25(22)33/h2-5,14-18,20-21,30,33H,8-13,27-29H2,1H3/b24-14-/t17-,18-,21-/m1/s1. The van der Waals surface area contributed by atoms with Gasteiger partial charge in [-0.15, -0.1) is 0 Å². The molecule has 1 atom stereocenters. The Labute approximate surface area is 200 Å². The van der Waals surface area contributed by atoms with Gasteiger partial charge in [0.05, 0.1) is 18.4 Å². The van der Waals surface area contributed by atoms with Crippen LogP contribution in [-0.4, -0.2) is 40.2 Å². The summed E-state index contributed by atoms with van der Waals surface area (Å²) in [6.07, 6.45) is 10.1. The molecule has 0 spiro atoms. The number of nitrogens with two attached hydrogens (primary N) is 3. The van der Waals surface area contributed by atoms with Crippen molar-refractivity contribution in [3.8, 4) is 17.6 Å². The van der Waals surface area contributed by atoms with E-state index in [9.17, 15) is 5.11 Å². The highest BCUT2D eigenvalue weighted by Gasteiger charge is 2.31.